The van der Waals surface area contributed by atoms with E-state index in [4.69, 9.17) is 5.73 Å². The van der Waals surface area contributed by atoms with Gasteiger partial charge in [0.15, 0.2) is 0 Å². The molecule has 5 nitrogen and oxygen atoms in total. The molecule has 88 valence electrons. The summed E-state index contributed by atoms with van der Waals surface area (Å²) in [6.07, 6.45) is 1.15. The van der Waals surface area contributed by atoms with Crippen LogP contribution in [0, 0.1) is 0 Å². The van der Waals surface area contributed by atoms with Crippen molar-refractivity contribution in [3.63, 3.8) is 0 Å². The normalized spacial score (nSPS) is 14.3. The number of hydrogen-bond acceptors (Lipinski definition) is 3. The maximum Gasteiger partial charge on any atom is 0.236 e. The molecule has 0 aromatic rings. The molecule has 2 amide bonds. The monoisotopic (exact) mass is 215 g/mol. The number of nitrogens with two attached hydrogens (primary N) is 1. The van der Waals surface area contributed by atoms with Crippen LogP contribution in [0.2, 0.25) is 0 Å². The zero-order chi connectivity index (χ0) is 11.8. The summed E-state index contributed by atoms with van der Waals surface area (Å²) in [6.45, 7) is 6.26. The molecule has 5 heteroatoms. The van der Waals surface area contributed by atoms with Crippen LogP contribution in [0.5, 0.6) is 0 Å². The van der Waals surface area contributed by atoms with E-state index in [0.717, 1.165) is 6.42 Å². The third-order valence-corrected chi connectivity index (χ3v) is 1.98. The highest BCUT2D eigenvalue weighted by Gasteiger charge is 2.15. The zero-order valence-corrected chi connectivity index (χ0v) is 9.67. The number of carbonyl (C=O) groups is 2. The highest BCUT2D eigenvalue weighted by atomic mass is 16.2. The molecule has 0 spiro atoms. The van der Waals surface area contributed by atoms with Gasteiger partial charge in [-0.05, 0) is 20.3 Å². The number of rotatable bonds is 7. The van der Waals surface area contributed by atoms with E-state index in [1.807, 2.05) is 13.8 Å². The molecule has 0 aromatic heterocycles. The van der Waals surface area contributed by atoms with Gasteiger partial charge in [0.25, 0.3) is 0 Å². The SMILES string of the molecule is CCCNC(=O)C(C)NC(C)CC(N)=O. The molecule has 0 aliphatic rings. The molecule has 0 fully saturated rings. The van der Waals surface area contributed by atoms with Crippen molar-refractivity contribution in [1.29, 1.82) is 0 Å². The van der Waals surface area contributed by atoms with Gasteiger partial charge in [-0.3, -0.25) is 9.59 Å². The zero-order valence-electron chi connectivity index (χ0n) is 9.67. The Morgan fingerprint density at radius 1 is 1.33 bits per heavy atom. The van der Waals surface area contributed by atoms with Gasteiger partial charge in [0.2, 0.25) is 11.8 Å². The summed E-state index contributed by atoms with van der Waals surface area (Å²) in [5.74, 6) is -0.413. The lowest BCUT2D eigenvalue weighted by Crippen LogP contribution is -2.46. The largest absolute Gasteiger partial charge is 0.370 e. The summed E-state index contributed by atoms with van der Waals surface area (Å²) >= 11 is 0. The predicted octanol–water partition coefficient (Wildman–Crippen LogP) is -0.245. The Hall–Kier alpha value is -1.10. The molecular formula is C10H21N3O2. The first-order valence-electron chi connectivity index (χ1n) is 5.29. The Morgan fingerprint density at radius 3 is 2.40 bits per heavy atom. The molecule has 0 bridgehead atoms. The molecule has 0 saturated carbocycles. The summed E-state index contributed by atoms with van der Waals surface area (Å²) < 4.78 is 0. The maximum atomic E-state index is 11.4. The fourth-order valence-corrected chi connectivity index (χ4v) is 1.26. The molecule has 0 rings (SSSR count). The van der Waals surface area contributed by atoms with Crippen LogP contribution in [0.3, 0.4) is 0 Å². The molecule has 4 N–H and O–H groups in total. The van der Waals surface area contributed by atoms with Crippen molar-refractivity contribution in [2.45, 2.75) is 45.7 Å². The van der Waals surface area contributed by atoms with Crippen molar-refractivity contribution in [2.75, 3.05) is 6.54 Å². The van der Waals surface area contributed by atoms with Crippen LogP contribution < -0.4 is 16.4 Å². The van der Waals surface area contributed by atoms with Crippen LogP contribution in [-0.2, 0) is 9.59 Å². The van der Waals surface area contributed by atoms with Gasteiger partial charge in [0.1, 0.15) is 0 Å². The van der Waals surface area contributed by atoms with Crippen LogP contribution in [0.15, 0.2) is 0 Å². The van der Waals surface area contributed by atoms with Gasteiger partial charge >= 0.3 is 0 Å². The smallest absolute Gasteiger partial charge is 0.236 e. The van der Waals surface area contributed by atoms with Gasteiger partial charge in [0.05, 0.1) is 6.04 Å². The van der Waals surface area contributed by atoms with Gasteiger partial charge in [-0.25, -0.2) is 0 Å². The quantitative estimate of drug-likeness (QED) is 0.548. The van der Waals surface area contributed by atoms with Gasteiger partial charge in [0, 0.05) is 19.0 Å². The number of amides is 2. The molecule has 0 aliphatic heterocycles. The Bertz CT molecular complexity index is 219. The van der Waals surface area contributed by atoms with E-state index in [-0.39, 0.29) is 30.3 Å². The first-order chi connectivity index (χ1) is 6.97. The third kappa shape index (κ3) is 6.90. The van der Waals surface area contributed by atoms with E-state index in [9.17, 15) is 9.59 Å². The third-order valence-electron chi connectivity index (χ3n) is 1.98. The minimum absolute atomic E-state index is 0.0480. The molecular weight excluding hydrogens is 194 g/mol. The van der Waals surface area contributed by atoms with Gasteiger partial charge in [-0.15, -0.1) is 0 Å². The standard InChI is InChI=1S/C10H21N3O2/c1-4-5-12-10(15)8(3)13-7(2)6-9(11)14/h7-8,13H,4-6H2,1-3H3,(H2,11,14)(H,12,15). The summed E-state index contributed by atoms with van der Waals surface area (Å²) in [4.78, 5) is 22.0. The fourth-order valence-electron chi connectivity index (χ4n) is 1.26. The van der Waals surface area contributed by atoms with Crippen molar-refractivity contribution in [2.24, 2.45) is 5.73 Å². The van der Waals surface area contributed by atoms with Crippen LogP contribution in [-0.4, -0.2) is 30.4 Å². The van der Waals surface area contributed by atoms with E-state index in [0.29, 0.717) is 6.54 Å². The van der Waals surface area contributed by atoms with E-state index < -0.39 is 0 Å². The molecule has 2 unspecified atom stereocenters. The van der Waals surface area contributed by atoms with E-state index in [1.165, 1.54) is 0 Å². The summed E-state index contributed by atoms with van der Waals surface area (Å²) in [6, 6.07) is -0.379. The second-order valence-corrected chi connectivity index (χ2v) is 3.75. The molecule has 0 aromatic carbocycles. The molecule has 2 atom stereocenters. The number of primary amides is 1. The molecule has 0 radical (unpaired) electrons. The predicted molar refractivity (Wildman–Crippen MR) is 59.2 cm³/mol. The Kier molecular flexibility index (Phi) is 6.70. The lowest BCUT2D eigenvalue weighted by Gasteiger charge is -2.18. The van der Waals surface area contributed by atoms with Crippen molar-refractivity contribution < 1.29 is 9.59 Å². The van der Waals surface area contributed by atoms with Crippen molar-refractivity contribution in [1.82, 2.24) is 10.6 Å². The highest BCUT2D eigenvalue weighted by molar-refractivity contribution is 5.81. The van der Waals surface area contributed by atoms with Gasteiger partial charge in [-0.1, -0.05) is 6.92 Å². The Labute approximate surface area is 90.8 Å². The van der Waals surface area contributed by atoms with Crippen molar-refractivity contribution in [3.8, 4) is 0 Å². The topological polar surface area (TPSA) is 84.2 Å². The molecule has 0 heterocycles. The minimum Gasteiger partial charge on any atom is -0.370 e. The summed E-state index contributed by atoms with van der Waals surface area (Å²) in [7, 11) is 0. The summed E-state index contributed by atoms with van der Waals surface area (Å²) in [5.41, 5.74) is 5.05. The van der Waals surface area contributed by atoms with Crippen LogP contribution >= 0.6 is 0 Å². The van der Waals surface area contributed by atoms with Gasteiger partial charge < -0.3 is 16.4 Å². The van der Waals surface area contributed by atoms with E-state index >= 15 is 0 Å². The van der Waals surface area contributed by atoms with Crippen LogP contribution in [0.1, 0.15) is 33.6 Å². The molecule has 15 heavy (non-hydrogen) atoms. The fraction of sp³-hybridized carbons (Fsp3) is 0.800. The minimum atomic E-state index is -0.365. The first kappa shape index (κ1) is 13.9. The molecule has 0 saturated heterocycles. The Balaban J connectivity index is 3.84. The first-order valence-corrected chi connectivity index (χ1v) is 5.29. The second kappa shape index (κ2) is 7.23. The molecule has 0 aliphatic carbocycles. The van der Waals surface area contributed by atoms with Gasteiger partial charge in [-0.2, -0.15) is 0 Å². The second-order valence-electron chi connectivity index (χ2n) is 3.75. The number of carbonyl (C=O) groups excluding carboxylic acids is 2. The Morgan fingerprint density at radius 2 is 1.93 bits per heavy atom. The average Bonchev–Trinajstić information content (AvgIpc) is 2.12. The number of hydrogen-bond donors (Lipinski definition) is 3. The maximum absolute atomic E-state index is 11.4. The summed E-state index contributed by atoms with van der Waals surface area (Å²) in [5, 5.41) is 5.78. The number of nitrogens with one attached hydrogen (secondary N) is 2. The van der Waals surface area contributed by atoms with E-state index in [1.54, 1.807) is 6.92 Å². The van der Waals surface area contributed by atoms with Crippen molar-refractivity contribution in [3.05, 3.63) is 0 Å². The van der Waals surface area contributed by atoms with Crippen molar-refractivity contribution >= 4 is 11.8 Å². The average molecular weight is 215 g/mol. The van der Waals surface area contributed by atoms with Crippen LogP contribution in [0.4, 0.5) is 0 Å². The lowest BCUT2D eigenvalue weighted by atomic mass is 10.2. The van der Waals surface area contributed by atoms with E-state index in [2.05, 4.69) is 10.6 Å². The highest BCUT2D eigenvalue weighted by Crippen LogP contribution is 1.92. The van der Waals surface area contributed by atoms with Crippen LogP contribution in [0.25, 0.3) is 0 Å². The lowest BCUT2D eigenvalue weighted by molar-refractivity contribution is -0.123.